The summed E-state index contributed by atoms with van der Waals surface area (Å²) in [5.74, 6) is 0. The average Bonchev–Trinajstić information content (AvgIpc) is 2.36. The van der Waals surface area contributed by atoms with Crippen molar-refractivity contribution in [1.82, 2.24) is 0 Å². The summed E-state index contributed by atoms with van der Waals surface area (Å²) in [5, 5.41) is 0. The van der Waals surface area contributed by atoms with Crippen LogP contribution < -0.4 is 0 Å². The molecule has 0 fully saturated rings. The lowest BCUT2D eigenvalue weighted by molar-refractivity contribution is 1.18. The van der Waals surface area contributed by atoms with Crippen molar-refractivity contribution in [3.05, 3.63) is 65.7 Å². The molecule has 84 valence electrons. The van der Waals surface area contributed by atoms with Crippen molar-refractivity contribution in [3.63, 3.8) is 0 Å². The molecule has 0 heterocycles. The van der Waals surface area contributed by atoms with Crippen LogP contribution in [0.25, 0.3) is 0 Å². The van der Waals surface area contributed by atoms with Crippen LogP contribution in [0, 0.1) is 0 Å². The van der Waals surface area contributed by atoms with Crippen LogP contribution in [-0.2, 0) is 6.42 Å². The van der Waals surface area contributed by atoms with Crippen LogP contribution in [0.5, 0.6) is 0 Å². The third-order valence-corrected chi connectivity index (χ3v) is 2.49. The molecule has 0 N–H and O–H groups in total. The van der Waals surface area contributed by atoms with E-state index in [2.05, 4.69) is 49.0 Å². The first-order valence-corrected chi connectivity index (χ1v) is 6.11. The Kier molecular flexibility index (Phi) is 5.73. The van der Waals surface area contributed by atoms with Gasteiger partial charge in [-0.05, 0) is 29.7 Å². The van der Waals surface area contributed by atoms with Crippen molar-refractivity contribution < 1.29 is 0 Å². The highest BCUT2D eigenvalue weighted by atomic mass is 32.1. The number of hydrogen-bond donors (Lipinski definition) is 1. The van der Waals surface area contributed by atoms with E-state index in [1.807, 2.05) is 32.0 Å². The smallest absolute Gasteiger partial charge is 0.00401 e. The van der Waals surface area contributed by atoms with Crippen LogP contribution in [0.4, 0.5) is 0 Å². The van der Waals surface area contributed by atoms with E-state index in [9.17, 15) is 0 Å². The van der Waals surface area contributed by atoms with Gasteiger partial charge in [-0.25, -0.2) is 0 Å². The van der Waals surface area contributed by atoms with E-state index < -0.39 is 0 Å². The van der Waals surface area contributed by atoms with E-state index in [1.165, 1.54) is 11.1 Å². The molecule has 2 aromatic rings. The van der Waals surface area contributed by atoms with Gasteiger partial charge in [0.25, 0.3) is 0 Å². The van der Waals surface area contributed by atoms with Gasteiger partial charge in [0.05, 0.1) is 0 Å². The Hall–Kier alpha value is -1.21. The van der Waals surface area contributed by atoms with Crippen LogP contribution in [0.1, 0.15) is 25.0 Å². The summed E-state index contributed by atoms with van der Waals surface area (Å²) >= 11 is 4.26. The monoisotopic (exact) mass is 230 g/mol. The first-order chi connectivity index (χ1) is 7.84. The van der Waals surface area contributed by atoms with Crippen molar-refractivity contribution in [2.24, 2.45) is 0 Å². The molecule has 0 aromatic heterocycles. The van der Waals surface area contributed by atoms with Gasteiger partial charge in [0.15, 0.2) is 0 Å². The van der Waals surface area contributed by atoms with Gasteiger partial charge in [0, 0.05) is 4.90 Å². The average molecular weight is 230 g/mol. The highest BCUT2D eigenvalue weighted by Gasteiger charge is 1.94. The van der Waals surface area contributed by atoms with Gasteiger partial charge >= 0.3 is 0 Å². The molecule has 0 radical (unpaired) electrons. The summed E-state index contributed by atoms with van der Waals surface area (Å²) in [6.45, 7) is 4.00. The molecule has 0 aliphatic carbocycles. The van der Waals surface area contributed by atoms with E-state index >= 15 is 0 Å². The first-order valence-electron chi connectivity index (χ1n) is 5.66. The minimum absolute atomic E-state index is 0.995. The molecule has 2 rings (SSSR count). The molecule has 0 aliphatic rings. The fourth-order valence-electron chi connectivity index (χ4n) is 1.45. The van der Waals surface area contributed by atoms with E-state index in [0.29, 0.717) is 0 Å². The minimum atomic E-state index is 0.995. The third kappa shape index (κ3) is 4.11. The van der Waals surface area contributed by atoms with Crippen molar-refractivity contribution in [2.45, 2.75) is 25.2 Å². The summed E-state index contributed by atoms with van der Waals surface area (Å²) < 4.78 is 0. The summed E-state index contributed by atoms with van der Waals surface area (Å²) in [6.07, 6.45) is 0.995. The molecule has 1 heteroatoms. The van der Waals surface area contributed by atoms with Crippen molar-refractivity contribution in [1.29, 1.82) is 0 Å². The number of rotatable bonds is 2. The fourth-order valence-corrected chi connectivity index (χ4v) is 1.59. The Morgan fingerprint density at radius 2 is 1.25 bits per heavy atom. The van der Waals surface area contributed by atoms with E-state index in [-0.39, 0.29) is 0 Å². The van der Waals surface area contributed by atoms with Crippen LogP contribution in [0.2, 0.25) is 0 Å². The van der Waals surface area contributed by atoms with Crippen molar-refractivity contribution in [3.8, 4) is 0 Å². The van der Waals surface area contributed by atoms with Gasteiger partial charge in [-0.15, -0.1) is 12.6 Å². The van der Waals surface area contributed by atoms with Gasteiger partial charge in [0.2, 0.25) is 0 Å². The molecular formula is C15H18S. The Morgan fingerprint density at radius 3 is 1.81 bits per heavy atom. The molecule has 0 atom stereocenters. The lowest BCUT2D eigenvalue weighted by Gasteiger charge is -2.01. The maximum atomic E-state index is 4.26. The van der Waals surface area contributed by atoms with Gasteiger partial charge in [0.1, 0.15) is 0 Å². The quantitative estimate of drug-likeness (QED) is 0.717. The zero-order valence-electron chi connectivity index (χ0n) is 9.85. The van der Waals surface area contributed by atoms with Gasteiger partial charge in [-0.1, -0.05) is 56.3 Å². The maximum Gasteiger partial charge on any atom is 0.00401 e. The predicted octanol–water partition coefficient (Wildman–Crippen LogP) is 4.59. The second-order valence-corrected chi connectivity index (χ2v) is 3.85. The SMILES string of the molecule is CC.Sc1ccc(Cc2ccccc2)cc1. The molecule has 0 amide bonds. The molecule has 0 aliphatic heterocycles. The molecule has 0 nitrogen and oxygen atoms in total. The Bertz CT molecular complexity index is 390. The van der Waals surface area contributed by atoms with Crippen molar-refractivity contribution >= 4 is 12.6 Å². The lowest BCUT2D eigenvalue weighted by atomic mass is 10.1. The van der Waals surface area contributed by atoms with Crippen LogP contribution in [-0.4, -0.2) is 0 Å². The lowest BCUT2D eigenvalue weighted by Crippen LogP contribution is -1.86. The van der Waals surface area contributed by atoms with E-state index in [0.717, 1.165) is 11.3 Å². The van der Waals surface area contributed by atoms with E-state index in [4.69, 9.17) is 0 Å². The largest absolute Gasteiger partial charge is 0.143 e. The zero-order valence-corrected chi connectivity index (χ0v) is 10.7. The minimum Gasteiger partial charge on any atom is -0.143 e. The number of thiol groups is 1. The Balaban J connectivity index is 0.000000606. The van der Waals surface area contributed by atoms with Gasteiger partial charge in [-0.2, -0.15) is 0 Å². The van der Waals surface area contributed by atoms with Crippen molar-refractivity contribution in [2.75, 3.05) is 0 Å². The van der Waals surface area contributed by atoms with Crippen LogP contribution >= 0.6 is 12.6 Å². The van der Waals surface area contributed by atoms with Gasteiger partial charge in [-0.3, -0.25) is 0 Å². The predicted molar refractivity (Wildman–Crippen MR) is 74.3 cm³/mol. The van der Waals surface area contributed by atoms with E-state index in [1.54, 1.807) is 0 Å². The maximum absolute atomic E-state index is 4.26. The Labute approximate surface area is 104 Å². The molecule has 0 saturated heterocycles. The second-order valence-electron chi connectivity index (χ2n) is 3.33. The molecule has 16 heavy (non-hydrogen) atoms. The fraction of sp³-hybridized carbons (Fsp3) is 0.200. The second kappa shape index (κ2) is 7.13. The molecule has 0 bridgehead atoms. The molecule has 0 spiro atoms. The molecule has 0 saturated carbocycles. The normalized spacial score (nSPS) is 9.19. The third-order valence-electron chi connectivity index (χ3n) is 2.19. The molecule has 0 unspecified atom stereocenters. The summed E-state index contributed by atoms with van der Waals surface area (Å²) in [7, 11) is 0. The molecular weight excluding hydrogens is 212 g/mol. The standard InChI is InChI=1S/C13H12S.C2H6/c14-13-8-6-12(7-9-13)10-11-4-2-1-3-5-11;1-2/h1-9,14H,10H2;1-2H3. The summed E-state index contributed by atoms with van der Waals surface area (Å²) in [6, 6.07) is 18.8. The summed E-state index contributed by atoms with van der Waals surface area (Å²) in [4.78, 5) is 1.02. The van der Waals surface area contributed by atoms with Crippen LogP contribution in [0.3, 0.4) is 0 Å². The first kappa shape index (κ1) is 12.9. The summed E-state index contributed by atoms with van der Waals surface area (Å²) in [5.41, 5.74) is 2.67. The highest BCUT2D eigenvalue weighted by molar-refractivity contribution is 7.80. The molecule has 2 aromatic carbocycles. The topological polar surface area (TPSA) is 0 Å². The van der Waals surface area contributed by atoms with Gasteiger partial charge < -0.3 is 0 Å². The van der Waals surface area contributed by atoms with Crippen LogP contribution in [0.15, 0.2) is 59.5 Å². The zero-order chi connectivity index (χ0) is 11.8. The Morgan fingerprint density at radius 1 is 0.750 bits per heavy atom. The highest BCUT2D eigenvalue weighted by Crippen LogP contribution is 2.12. The number of hydrogen-bond acceptors (Lipinski definition) is 1. The number of benzene rings is 2.